The first kappa shape index (κ1) is 18.9. The van der Waals surface area contributed by atoms with E-state index >= 15 is 0 Å². The minimum atomic E-state index is -3.62. The third-order valence-corrected chi connectivity index (χ3v) is 6.81. The van der Waals surface area contributed by atoms with Crippen molar-refractivity contribution in [3.63, 3.8) is 0 Å². The third kappa shape index (κ3) is 3.36. The standard InChI is InChI=1S/C17H21ClN4O3S/c1-12-16(13(2)20(3)19-12)17(23)21-7-9-22(10-8-21)26(24,25)15-6-4-5-14(18)11-15/h4-6,11H,7-10H2,1-3H3. The molecule has 3 rings (SSSR count). The van der Waals surface area contributed by atoms with Gasteiger partial charge < -0.3 is 4.90 Å². The summed E-state index contributed by atoms with van der Waals surface area (Å²) in [5.74, 6) is -0.104. The highest BCUT2D eigenvalue weighted by atomic mass is 35.5. The zero-order chi connectivity index (χ0) is 19.1. The van der Waals surface area contributed by atoms with Crippen LogP contribution in [0, 0.1) is 13.8 Å². The molecule has 1 aliphatic heterocycles. The smallest absolute Gasteiger partial charge is 0.257 e. The zero-order valence-corrected chi connectivity index (χ0v) is 16.5. The number of carbonyl (C=O) groups excluding carboxylic acids is 1. The van der Waals surface area contributed by atoms with Crippen molar-refractivity contribution in [1.29, 1.82) is 0 Å². The maximum Gasteiger partial charge on any atom is 0.257 e. The van der Waals surface area contributed by atoms with E-state index in [1.54, 1.807) is 35.7 Å². The van der Waals surface area contributed by atoms with E-state index in [0.29, 0.717) is 29.4 Å². The average Bonchev–Trinajstić information content (AvgIpc) is 2.86. The van der Waals surface area contributed by atoms with E-state index in [2.05, 4.69) is 5.10 Å². The second-order valence-corrected chi connectivity index (χ2v) is 8.70. The van der Waals surface area contributed by atoms with E-state index < -0.39 is 10.0 Å². The number of hydrogen-bond donors (Lipinski definition) is 0. The van der Waals surface area contributed by atoms with Gasteiger partial charge >= 0.3 is 0 Å². The number of piperazine rings is 1. The fraction of sp³-hybridized carbons (Fsp3) is 0.412. The van der Waals surface area contributed by atoms with Crippen molar-refractivity contribution in [2.75, 3.05) is 26.2 Å². The van der Waals surface area contributed by atoms with Crippen molar-refractivity contribution in [3.05, 3.63) is 46.2 Å². The molecule has 26 heavy (non-hydrogen) atoms. The minimum absolute atomic E-state index is 0.104. The molecule has 0 spiro atoms. The lowest BCUT2D eigenvalue weighted by atomic mass is 10.1. The quantitative estimate of drug-likeness (QED) is 0.793. The largest absolute Gasteiger partial charge is 0.336 e. The Morgan fingerprint density at radius 3 is 2.35 bits per heavy atom. The Balaban J connectivity index is 1.74. The van der Waals surface area contributed by atoms with Crippen LogP contribution in [0.2, 0.25) is 5.02 Å². The number of benzene rings is 1. The lowest BCUT2D eigenvalue weighted by Crippen LogP contribution is -2.50. The van der Waals surface area contributed by atoms with Crippen molar-refractivity contribution in [2.45, 2.75) is 18.7 Å². The summed E-state index contributed by atoms with van der Waals surface area (Å²) < 4.78 is 28.6. The highest BCUT2D eigenvalue weighted by Gasteiger charge is 2.32. The van der Waals surface area contributed by atoms with Crippen molar-refractivity contribution >= 4 is 27.5 Å². The van der Waals surface area contributed by atoms with Gasteiger partial charge in [-0.1, -0.05) is 17.7 Å². The molecule has 0 bridgehead atoms. The summed E-state index contributed by atoms with van der Waals surface area (Å²) in [4.78, 5) is 14.7. The van der Waals surface area contributed by atoms with Crippen LogP contribution >= 0.6 is 11.6 Å². The molecule has 7 nitrogen and oxygen atoms in total. The van der Waals surface area contributed by atoms with Gasteiger partial charge in [0, 0.05) is 43.9 Å². The van der Waals surface area contributed by atoms with Crippen LogP contribution in [0.15, 0.2) is 29.2 Å². The number of sulfonamides is 1. The molecule has 0 N–H and O–H groups in total. The predicted molar refractivity (Wildman–Crippen MR) is 98.8 cm³/mol. The molecule has 0 aliphatic carbocycles. The molecule has 1 saturated heterocycles. The Bertz CT molecular complexity index is 947. The fourth-order valence-electron chi connectivity index (χ4n) is 3.15. The van der Waals surface area contributed by atoms with Crippen LogP contribution in [0.3, 0.4) is 0 Å². The van der Waals surface area contributed by atoms with Gasteiger partial charge in [0.25, 0.3) is 5.91 Å². The van der Waals surface area contributed by atoms with Crippen molar-refractivity contribution < 1.29 is 13.2 Å². The SMILES string of the molecule is Cc1nn(C)c(C)c1C(=O)N1CCN(S(=O)(=O)c2cccc(Cl)c2)CC1. The molecule has 2 heterocycles. The van der Waals surface area contributed by atoms with Crippen LogP contribution in [-0.4, -0.2) is 59.5 Å². The van der Waals surface area contributed by atoms with Crippen LogP contribution in [0.1, 0.15) is 21.7 Å². The van der Waals surface area contributed by atoms with E-state index in [4.69, 9.17) is 11.6 Å². The van der Waals surface area contributed by atoms with Crippen LogP contribution in [0.4, 0.5) is 0 Å². The number of carbonyl (C=O) groups is 1. The number of rotatable bonds is 3. The maximum absolute atomic E-state index is 12.8. The van der Waals surface area contributed by atoms with E-state index in [-0.39, 0.29) is 23.9 Å². The van der Waals surface area contributed by atoms with E-state index in [0.717, 1.165) is 5.69 Å². The van der Waals surface area contributed by atoms with Gasteiger partial charge in [-0.3, -0.25) is 9.48 Å². The summed E-state index contributed by atoms with van der Waals surface area (Å²) >= 11 is 5.91. The van der Waals surface area contributed by atoms with Gasteiger partial charge in [0.05, 0.1) is 16.2 Å². The van der Waals surface area contributed by atoms with Crippen molar-refractivity contribution in [1.82, 2.24) is 19.0 Å². The van der Waals surface area contributed by atoms with Crippen molar-refractivity contribution in [2.24, 2.45) is 7.05 Å². The molecular weight excluding hydrogens is 376 g/mol. The molecule has 1 aromatic carbocycles. The molecule has 0 saturated carbocycles. The van der Waals surface area contributed by atoms with E-state index in [9.17, 15) is 13.2 Å². The Morgan fingerprint density at radius 2 is 1.81 bits per heavy atom. The Kier molecular flexibility index (Phi) is 5.09. The monoisotopic (exact) mass is 396 g/mol. The third-order valence-electron chi connectivity index (χ3n) is 4.68. The Morgan fingerprint density at radius 1 is 1.15 bits per heavy atom. The number of aryl methyl sites for hydroxylation is 2. The second-order valence-electron chi connectivity index (χ2n) is 6.32. The van der Waals surface area contributed by atoms with Gasteiger partial charge in [-0.05, 0) is 32.0 Å². The lowest BCUT2D eigenvalue weighted by Gasteiger charge is -2.34. The molecule has 9 heteroatoms. The van der Waals surface area contributed by atoms with Gasteiger partial charge in [0.1, 0.15) is 0 Å². The topological polar surface area (TPSA) is 75.5 Å². The first-order valence-corrected chi connectivity index (χ1v) is 10.1. The van der Waals surface area contributed by atoms with Crippen LogP contribution in [0.5, 0.6) is 0 Å². The van der Waals surface area contributed by atoms with Gasteiger partial charge in [-0.2, -0.15) is 9.40 Å². The van der Waals surface area contributed by atoms with Crippen LogP contribution < -0.4 is 0 Å². The zero-order valence-electron chi connectivity index (χ0n) is 14.9. The normalized spacial score (nSPS) is 16.1. The number of halogens is 1. The van der Waals surface area contributed by atoms with E-state index in [1.165, 1.54) is 16.4 Å². The summed E-state index contributed by atoms with van der Waals surface area (Å²) in [7, 11) is -1.82. The average molecular weight is 397 g/mol. The summed E-state index contributed by atoms with van der Waals surface area (Å²) in [5.41, 5.74) is 2.09. The maximum atomic E-state index is 12.8. The number of aromatic nitrogens is 2. The molecule has 1 amide bonds. The first-order valence-electron chi connectivity index (χ1n) is 8.27. The Labute approximate surface area is 158 Å². The molecule has 1 aromatic heterocycles. The summed E-state index contributed by atoms with van der Waals surface area (Å²) in [6.07, 6.45) is 0. The van der Waals surface area contributed by atoms with E-state index in [1.807, 2.05) is 6.92 Å². The Hall–Kier alpha value is -1.90. The molecule has 1 aliphatic rings. The molecule has 0 unspecified atom stereocenters. The van der Waals surface area contributed by atoms with Gasteiger partial charge in [-0.15, -0.1) is 0 Å². The highest BCUT2D eigenvalue weighted by Crippen LogP contribution is 2.22. The highest BCUT2D eigenvalue weighted by molar-refractivity contribution is 7.89. The van der Waals surface area contributed by atoms with Gasteiger partial charge in [0.2, 0.25) is 10.0 Å². The molecule has 140 valence electrons. The molecule has 2 aromatic rings. The molecule has 0 atom stereocenters. The molecule has 0 radical (unpaired) electrons. The summed E-state index contributed by atoms with van der Waals surface area (Å²) in [6.45, 7) is 4.84. The van der Waals surface area contributed by atoms with Crippen molar-refractivity contribution in [3.8, 4) is 0 Å². The fourth-order valence-corrected chi connectivity index (χ4v) is 4.87. The number of amides is 1. The summed E-state index contributed by atoms with van der Waals surface area (Å²) in [6, 6.07) is 6.22. The first-order chi connectivity index (χ1) is 12.2. The van der Waals surface area contributed by atoms with Gasteiger partial charge in [-0.25, -0.2) is 8.42 Å². The van der Waals surface area contributed by atoms with Crippen LogP contribution in [0.25, 0.3) is 0 Å². The summed E-state index contributed by atoms with van der Waals surface area (Å²) in [5, 5.41) is 4.66. The number of nitrogens with zero attached hydrogens (tertiary/aromatic N) is 4. The lowest BCUT2D eigenvalue weighted by molar-refractivity contribution is 0.0696. The van der Waals surface area contributed by atoms with Gasteiger partial charge in [0.15, 0.2) is 0 Å². The second kappa shape index (κ2) is 7.02. The molecule has 1 fully saturated rings. The predicted octanol–water partition coefficient (Wildman–Crippen LogP) is 1.84. The number of hydrogen-bond acceptors (Lipinski definition) is 4. The molecular formula is C17H21ClN4O3S. The van der Waals surface area contributed by atoms with Crippen LogP contribution in [-0.2, 0) is 17.1 Å². The minimum Gasteiger partial charge on any atom is -0.336 e.